The Balaban J connectivity index is 0.000000416. The molecule has 2 heterocycles. The van der Waals surface area contributed by atoms with E-state index < -0.39 is 147 Å². The molecule has 79 heavy (non-hydrogen) atoms. The van der Waals surface area contributed by atoms with Crippen LogP contribution >= 0.6 is 46.9 Å². The first kappa shape index (κ1) is 71.4. The van der Waals surface area contributed by atoms with E-state index >= 15 is 0 Å². The molecule has 2 aliphatic carbocycles. The third kappa shape index (κ3) is 29.0. The number of aliphatic carboxylic acids is 2. The van der Waals surface area contributed by atoms with Crippen LogP contribution in [0.3, 0.4) is 0 Å². The van der Waals surface area contributed by atoms with Gasteiger partial charge in [0.1, 0.15) is 18.0 Å². The van der Waals surface area contributed by atoms with Gasteiger partial charge in [-0.25, -0.2) is 27.4 Å². The van der Waals surface area contributed by atoms with E-state index in [9.17, 15) is 90.9 Å². The molecule has 14 N–H and O–H groups in total. The number of nitrogens with two attached hydrogens (primary N) is 1. The molecule has 2 saturated carbocycles. The summed E-state index contributed by atoms with van der Waals surface area (Å²) in [6.45, 7) is -2.47. The number of ether oxygens (including phenoxy) is 2. The number of phosphoric acid groups is 6. The highest BCUT2D eigenvalue weighted by Crippen LogP contribution is 2.69. The van der Waals surface area contributed by atoms with Crippen LogP contribution < -0.4 is 16.4 Å². The molecule has 0 aromatic carbocycles. The Morgan fingerprint density at radius 2 is 0.899 bits per heavy atom. The van der Waals surface area contributed by atoms with Crippen molar-refractivity contribution in [2.24, 2.45) is 23.5 Å². The lowest BCUT2D eigenvalue weighted by molar-refractivity contribution is -0.139. The van der Waals surface area contributed by atoms with Crippen molar-refractivity contribution in [2.75, 3.05) is 39.5 Å². The molecule has 14 atom stereocenters. The number of amides is 2. The van der Waals surface area contributed by atoms with Gasteiger partial charge in [-0.15, -0.1) is 0 Å². The predicted octanol–water partition coefficient (Wildman–Crippen LogP) is 2.79. The van der Waals surface area contributed by atoms with Gasteiger partial charge in [-0.1, -0.05) is 38.5 Å². The third-order valence-electron chi connectivity index (χ3n) is 12.4. The average molecular weight is 1270 g/mol. The standard InChI is InChI=1S/C21H38NO16P3.C18H35N2O15P3/c1-14(23)11-16(7-8-20(25)26)21(27)22-9-10-34-39(28,29)37-41(32,33)38-40(30,31)35-13-19-17(24)12-18(36-19)15-5-3-2-4-6-15;19-13(6-7-17(22)23)18(24)20-8-9-31-36(25,26)34-38(29,30)35-37(27,28)32-11-16-14(21)10-15(33-16)12-4-2-1-3-5-12/h15-19,24H,2-13H2,1H3,(H,22,27)(H,25,26)(H,28,29)(H,30,31)(H,32,33);12-16,21H,1-11,19H2,(H,20,24)(H,22,23)(H,25,26)(H,27,28)(H,29,30)/t16?,17?,18-,19-;13?,14?,15-,16-/m11/s1. The zero-order valence-corrected chi connectivity index (χ0v) is 48.2. The number of aliphatic hydroxyl groups is 2. The van der Waals surface area contributed by atoms with Gasteiger partial charge in [-0.2, -0.15) is 17.2 Å². The molecule has 10 unspecified atom stereocenters. The number of phosphoric ester groups is 4. The number of Topliss-reactive ketones (excluding diaryl/α,β-unsaturated/α-hetero) is 1. The number of carboxylic acids is 2. The van der Waals surface area contributed by atoms with Gasteiger partial charge in [0.05, 0.1) is 56.9 Å². The first-order valence-corrected chi connectivity index (χ1v) is 33.9. The zero-order chi connectivity index (χ0) is 59.4. The highest BCUT2D eigenvalue weighted by atomic mass is 31.3. The summed E-state index contributed by atoms with van der Waals surface area (Å²) in [6, 6.07) is -1.16. The zero-order valence-electron chi connectivity index (χ0n) is 42.8. The predicted molar refractivity (Wildman–Crippen MR) is 265 cm³/mol. The van der Waals surface area contributed by atoms with E-state index in [0.717, 1.165) is 64.2 Å². The van der Waals surface area contributed by atoms with Gasteiger partial charge in [-0.05, 0) is 57.3 Å². The number of ketones is 1. The van der Waals surface area contributed by atoms with Crippen molar-refractivity contribution in [1.29, 1.82) is 0 Å². The molecule has 0 radical (unpaired) electrons. The number of carbonyl (C=O) groups excluding carboxylic acids is 3. The van der Waals surface area contributed by atoms with Gasteiger partial charge >= 0.3 is 58.9 Å². The van der Waals surface area contributed by atoms with Crippen LogP contribution in [0.5, 0.6) is 0 Å². The van der Waals surface area contributed by atoms with Gasteiger partial charge in [0.25, 0.3) is 0 Å². The molecule has 2 amide bonds. The second-order valence-corrected chi connectivity index (χ2v) is 28.1. The van der Waals surface area contributed by atoms with Crippen LogP contribution in [0.15, 0.2) is 0 Å². The lowest BCUT2D eigenvalue weighted by Crippen LogP contribution is -2.42. The molecule has 4 fully saturated rings. The molecule has 0 spiro atoms. The lowest BCUT2D eigenvalue weighted by atomic mass is 9.84. The second-order valence-electron chi connectivity index (χ2n) is 18.9. The van der Waals surface area contributed by atoms with Crippen molar-refractivity contribution >= 4 is 76.5 Å². The van der Waals surface area contributed by atoms with E-state index in [-0.39, 0.29) is 61.9 Å². The Bertz CT molecular complexity index is 2310. The fourth-order valence-corrected chi connectivity index (χ4v) is 15.8. The maximum atomic E-state index is 12.2. The number of hydrogen-bond acceptors (Lipinski definition) is 24. The largest absolute Gasteiger partial charge is 0.490 e. The number of hydrogen-bond donors (Lipinski definition) is 13. The molecule has 4 rings (SSSR count). The highest BCUT2D eigenvalue weighted by Gasteiger charge is 2.46. The number of aliphatic hydroxyl groups excluding tert-OH is 2. The summed E-state index contributed by atoms with van der Waals surface area (Å²) in [5, 5.41) is 42.2. The van der Waals surface area contributed by atoms with E-state index in [4.69, 9.17) is 25.4 Å². The van der Waals surface area contributed by atoms with E-state index in [2.05, 4.69) is 46.0 Å². The Kier molecular flexibility index (Phi) is 29.9. The van der Waals surface area contributed by atoms with Crippen LogP contribution in [0.1, 0.15) is 116 Å². The number of rotatable bonds is 34. The minimum absolute atomic E-state index is 0.134. The minimum atomic E-state index is -5.72. The van der Waals surface area contributed by atoms with E-state index in [1.165, 1.54) is 6.92 Å². The van der Waals surface area contributed by atoms with Crippen LogP contribution in [0.4, 0.5) is 0 Å². The fourth-order valence-electron chi connectivity index (χ4n) is 8.75. The molecule has 0 bridgehead atoms. The van der Waals surface area contributed by atoms with Crippen LogP contribution in [0, 0.1) is 17.8 Å². The molecule has 0 aromatic rings. The first-order valence-electron chi connectivity index (χ1n) is 24.9. The quantitative estimate of drug-likeness (QED) is 0.0325. The van der Waals surface area contributed by atoms with Crippen LogP contribution in [-0.4, -0.2) is 162 Å². The SMILES string of the molecule is CC(=O)CC(CCC(=O)O)C(=O)NCCOP(=O)(O)OP(=O)(O)OP(=O)(O)OC[C@H]1O[C@@H](C2CCCCC2)CC1O.NC(CCC(=O)O)C(=O)NCCOP(=O)(O)OP(=O)(O)OP(=O)(O)OC[C@H]1O[C@@H](C2CCCCC2)CC1O. The van der Waals surface area contributed by atoms with E-state index in [1.807, 2.05) is 0 Å². The van der Waals surface area contributed by atoms with Gasteiger partial charge in [0, 0.05) is 51.1 Å². The van der Waals surface area contributed by atoms with Crippen molar-refractivity contribution in [3.05, 3.63) is 0 Å². The van der Waals surface area contributed by atoms with E-state index in [0.29, 0.717) is 12.8 Å². The molecule has 460 valence electrons. The maximum absolute atomic E-state index is 12.2. The highest BCUT2D eigenvalue weighted by molar-refractivity contribution is 7.67. The Labute approximate surface area is 453 Å². The summed E-state index contributed by atoms with van der Waals surface area (Å²) in [5.41, 5.74) is 5.47. The molecule has 2 aliphatic heterocycles. The maximum Gasteiger partial charge on any atom is 0.490 e. The Morgan fingerprint density at radius 3 is 1.27 bits per heavy atom. The fraction of sp³-hybridized carbons (Fsp3) is 0.872. The summed E-state index contributed by atoms with van der Waals surface area (Å²) in [4.78, 5) is 115. The number of carbonyl (C=O) groups is 5. The van der Waals surface area contributed by atoms with Crippen molar-refractivity contribution < 1.29 is 146 Å². The number of nitrogens with one attached hydrogen (secondary N) is 2. The van der Waals surface area contributed by atoms with Crippen LogP contribution in [0.2, 0.25) is 0 Å². The third-order valence-corrected chi connectivity index (χ3v) is 21.0. The van der Waals surface area contributed by atoms with Gasteiger partial charge in [-0.3, -0.25) is 37.3 Å². The molecule has 2 saturated heterocycles. The molecule has 4 aliphatic rings. The van der Waals surface area contributed by atoms with Crippen molar-refractivity contribution in [3.63, 3.8) is 0 Å². The average Bonchev–Trinajstić information content (AvgIpc) is 3.90. The van der Waals surface area contributed by atoms with Crippen LogP contribution in [-0.2, 0) is 96.2 Å². The first-order chi connectivity index (χ1) is 36.6. The summed E-state index contributed by atoms with van der Waals surface area (Å²) < 4.78 is 118. The summed E-state index contributed by atoms with van der Waals surface area (Å²) in [6.07, 6.45) is 4.94. The van der Waals surface area contributed by atoms with Gasteiger partial charge in [0.2, 0.25) is 11.8 Å². The van der Waals surface area contributed by atoms with Crippen molar-refractivity contribution in [2.45, 2.75) is 159 Å². The Morgan fingerprint density at radius 1 is 0.544 bits per heavy atom. The summed E-state index contributed by atoms with van der Waals surface area (Å²) in [7, 11) is -32.8. The molecular weight excluding hydrogens is 1190 g/mol. The normalized spacial score (nSPS) is 27.4. The number of carboxylic acid groups (broad SMARTS) is 2. The smallest absolute Gasteiger partial charge is 0.481 e. The second kappa shape index (κ2) is 33.0. The van der Waals surface area contributed by atoms with Gasteiger partial charge in [0.15, 0.2) is 0 Å². The van der Waals surface area contributed by atoms with Crippen molar-refractivity contribution in [1.82, 2.24) is 10.6 Å². The van der Waals surface area contributed by atoms with Crippen molar-refractivity contribution in [3.8, 4) is 0 Å². The molecular formula is C39H73N3O31P6. The molecule has 40 heteroatoms. The lowest BCUT2D eigenvalue weighted by Gasteiger charge is -2.27. The monoisotopic (exact) mass is 1270 g/mol. The topological polar surface area (TPSA) is 532 Å². The van der Waals surface area contributed by atoms with E-state index in [1.54, 1.807) is 0 Å². The molecule has 0 aromatic heterocycles. The summed E-state index contributed by atoms with van der Waals surface area (Å²) in [5.74, 6) is -4.69. The Hall–Kier alpha value is -1.83. The molecule has 34 nitrogen and oxygen atoms in total. The van der Waals surface area contributed by atoms with Gasteiger partial charge < -0.3 is 80.4 Å². The summed E-state index contributed by atoms with van der Waals surface area (Å²) >= 11 is 0. The van der Waals surface area contributed by atoms with Crippen LogP contribution in [0.25, 0.3) is 0 Å². The minimum Gasteiger partial charge on any atom is -0.481 e.